The van der Waals surface area contributed by atoms with Crippen LogP contribution in [0.15, 0.2) is 24.4 Å². The van der Waals surface area contributed by atoms with Gasteiger partial charge in [0, 0.05) is 20.1 Å². The number of anilines is 3. The van der Waals surface area contributed by atoms with Crippen LogP contribution in [0.25, 0.3) is 5.65 Å². The molecule has 11 heteroatoms. The summed E-state index contributed by atoms with van der Waals surface area (Å²) in [6.45, 7) is 2.07. The Labute approximate surface area is 189 Å². The molecule has 3 aliphatic rings. The van der Waals surface area contributed by atoms with E-state index in [1.54, 1.807) is 10.6 Å². The second-order valence-electron chi connectivity index (χ2n) is 9.24. The number of primary amides is 1. The fraction of sp³-hybridized carbons (Fsp3) is 0.455. The van der Waals surface area contributed by atoms with Crippen molar-refractivity contribution in [3.8, 4) is 0 Å². The second kappa shape index (κ2) is 6.87. The lowest BCUT2D eigenvalue weighted by atomic mass is 9.96. The van der Waals surface area contributed by atoms with Crippen molar-refractivity contribution in [3.05, 3.63) is 35.8 Å². The van der Waals surface area contributed by atoms with Crippen molar-refractivity contribution in [2.24, 2.45) is 11.1 Å². The highest BCUT2D eigenvalue weighted by molar-refractivity contribution is 5.98. The quantitative estimate of drug-likeness (QED) is 0.510. The first-order valence-corrected chi connectivity index (χ1v) is 11.2. The number of fused-ring (bicyclic) bond motifs is 1. The predicted octanol–water partition coefficient (Wildman–Crippen LogP) is 1.13. The second-order valence-corrected chi connectivity index (χ2v) is 9.24. The SMILES string of the molecule is CNC(=O)c1nnc([C@@]2(C(N)=O)CC23CC3)cc1Nc1nc2ccc(N3CCCC3)cn2n1. The summed E-state index contributed by atoms with van der Waals surface area (Å²) in [6.07, 6.45) is 6.91. The van der Waals surface area contributed by atoms with Crippen LogP contribution in [0.2, 0.25) is 0 Å². The number of nitrogens with two attached hydrogens (primary N) is 1. The fourth-order valence-corrected chi connectivity index (χ4v) is 5.24. The Hall–Kier alpha value is -3.76. The molecule has 4 N–H and O–H groups in total. The molecule has 0 radical (unpaired) electrons. The standard InChI is InChI=1S/C22H25N9O2/c1-24-18(32)17-14(10-15(27-28-17)22(19(23)33)12-21(22)6-7-21)25-20-26-16-5-4-13(11-31(16)29-20)30-8-2-3-9-30/h4-5,10-11H,2-3,6-9,12H2,1H3,(H2,23,33)(H,24,32)(H,25,27,29)/t22-/m1/s1. The van der Waals surface area contributed by atoms with E-state index in [1.165, 1.54) is 19.9 Å². The molecule has 0 aromatic carbocycles. The maximum Gasteiger partial charge on any atom is 0.273 e. The van der Waals surface area contributed by atoms with E-state index in [0.29, 0.717) is 29.4 Å². The molecule has 1 saturated heterocycles. The number of hydrogen-bond donors (Lipinski definition) is 3. The zero-order valence-corrected chi connectivity index (χ0v) is 18.3. The maximum atomic E-state index is 12.4. The minimum Gasteiger partial charge on any atom is -0.370 e. The molecule has 170 valence electrons. The summed E-state index contributed by atoms with van der Waals surface area (Å²) in [7, 11) is 1.52. The van der Waals surface area contributed by atoms with E-state index in [9.17, 15) is 9.59 Å². The molecule has 11 nitrogen and oxygen atoms in total. The van der Waals surface area contributed by atoms with Crippen LogP contribution < -0.4 is 21.3 Å². The third-order valence-corrected chi connectivity index (χ3v) is 7.36. The van der Waals surface area contributed by atoms with Gasteiger partial charge >= 0.3 is 0 Å². The van der Waals surface area contributed by atoms with Gasteiger partial charge in [-0.15, -0.1) is 10.2 Å². The maximum absolute atomic E-state index is 12.4. The molecular formula is C22H25N9O2. The van der Waals surface area contributed by atoms with Crippen LogP contribution in [0.4, 0.5) is 17.3 Å². The van der Waals surface area contributed by atoms with Crippen LogP contribution in [0.5, 0.6) is 0 Å². The monoisotopic (exact) mass is 447 g/mol. The minimum atomic E-state index is -0.811. The average Bonchev–Trinajstić information content (AvgIpc) is 3.56. The normalized spacial score (nSPS) is 22.5. The predicted molar refractivity (Wildman–Crippen MR) is 120 cm³/mol. The van der Waals surface area contributed by atoms with Gasteiger partial charge in [-0.05, 0) is 55.7 Å². The van der Waals surface area contributed by atoms with Crippen LogP contribution in [0.1, 0.15) is 48.3 Å². The Kier molecular flexibility index (Phi) is 4.14. The number of nitrogens with one attached hydrogen (secondary N) is 2. The molecule has 3 fully saturated rings. The van der Waals surface area contributed by atoms with Gasteiger partial charge in [0.05, 0.1) is 28.7 Å². The van der Waals surface area contributed by atoms with Gasteiger partial charge in [-0.2, -0.15) is 10.1 Å². The van der Waals surface area contributed by atoms with Crippen LogP contribution in [-0.2, 0) is 10.2 Å². The number of hydrogen-bond acceptors (Lipinski definition) is 8. The van der Waals surface area contributed by atoms with E-state index in [0.717, 1.165) is 31.6 Å². The molecule has 6 rings (SSSR count). The van der Waals surface area contributed by atoms with Gasteiger partial charge in [0.15, 0.2) is 11.3 Å². The largest absolute Gasteiger partial charge is 0.370 e. The van der Waals surface area contributed by atoms with Crippen molar-refractivity contribution in [1.82, 2.24) is 30.1 Å². The highest BCUT2D eigenvalue weighted by Crippen LogP contribution is 2.78. The van der Waals surface area contributed by atoms with E-state index in [-0.39, 0.29) is 11.1 Å². The van der Waals surface area contributed by atoms with Crippen LogP contribution in [0.3, 0.4) is 0 Å². The third kappa shape index (κ3) is 2.95. The average molecular weight is 448 g/mol. The van der Waals surface area contributed by atoms with Crippen molar-refractivity contribution >= 4 is 34.8 Å². The van der Waals surface area contributed by atoms with Crippen molar-refractivity contribution < 1.29 is 9.59 Å². The van der Waals surface area contributed by atoms with E-state index in [2.05, 4.69) is 35.8 Å². The zero-order valence-electron chi connectivity index (χ0n) is 18.3. The minimum absolute atomic E-state index is 0.0906. The van der Waals surface area contributed by atoms with E-state index in [1.807, 2.05) is 18.3 Å². The molecule has 0 unspecified atom stereocenters. The molecule has 4 heterocycles. The van der Waals surface area contributed by atoms with Crippen molar-refractivity contribution in [3.63, 3.8) is 0 Å². The summed E-state index contributed by atoms with van der Waals surface area (Å²) in [5.41, 5.74) is 7.64. The Balaban J connectivity index is 1.36. The lowest BCUT2D eigenvalue weighted by Crippen LogP contribution is -2.33. The Morgan fingerprint density at radius 3 is 2.61 bits per heavy atom. The third-order valence-electron chi connectivity index (χ3n) is 7.36. The number of carbonyl (C=O) groups is 2. The van der Waals surface area contributed by atoms with Gasteiger partial charge in [-0.3, -0.25) is 9.59 Å². The number of rotatable bonds is 6. The topological polar surface area (TPSA) is 143 Å². The lowest BCUT2D eigenvalue weighted by molar-refractivity contribution is -0.121. The molecule has 0 bridgehead atoms. The molecule has 3 aromatic rings. The first-order chi connectivity index (χ1) is 16.0. The van der Waals surface area contributed by atoms with E-state index in [4.69, 9.17) is 5.73 Å². The fourth-order valence-electron chi connectivity index (χ4n) is 5.24. The number of amides is 2. The summed E-state index contributed by atoms with van der Waals surface area (Å²) in [5.74, 6) is -0.474. The first-order valence-electron chi connectivity index (χ1n) is 11.2. The van der Waals surface area contributed by atoms with Crippen LogP contribution >= 0.6 is 0 Å². The molecule has 3 aromatic heterocycles. The summed E-state index contributed by atoms with van der Waals surface area (Å²) in [5, 5.41) is 18.6. The molecule has 2 saturated carbocycles. The molecule has 2 amide bonds. The summed E-state index contributed by atoms with van der Waals surface area (Å²) in [4.78, 5) is 31.7. The van der Waals surface area contributed by atoms with Gasteiger partial charge in [-0.25, -0.2) is 4.52 Å². The van der Waals surface area contributed by atoms with Crippen LogP contribution in [-0.4, -0.2) is 56.7 Å². The van der Waals surface area contributed by atoms with Crippen molar-refractivity contribution in [2.75, 3.05) is 30.4 Å². The molecule has 1 spiro atoms. The van der Waals surface area contributed by atoms with E-state index < -0.39 is 17.2 Å². The van der Waals surface area contributed by atoms with E-state index >= 15 is 0 Å². The Bertz CT molecular complexity index is 1290. The lowest BCUT2D eigenvalue weighted by Gasteiger charge is -2.16. The summed E-state index contributed by atoms with van der Waals surface area (Å²) >= 11 is 0. The van der Waals surface area contributed by atoms with Gasteiger partial charge < -0.3 is 21.3 Å². The number of carbonyl (C=O) groups excluding carboxylic acids is 2. The molecular weight excluding hydrogens is 422 g/mol. The van der Waals surface area contributed by atoms with Gasteiger partial charge in [-0.1, -0.05) is 0 Å². The number of aromatic nitrogens is 5. The number of pyridine rings is 1. The Morgan fingerprint density at radius 2 is 1.94 bits per heavy atom. The van der Waals surface area contributed by atoms with Crippen molar-refractivity contribution in [2.45, 2.75) is 37.5 Å². The highest BCUT2D eigenvalue weighted by Gasteiger charge is 2.78. The zero-order chi connectivity index (χ0) is 22.8. The van der Waals surface area contributed by atoms with Gasteiger partial charge in [0.25, 0.3) is 5.91 Å². The molecule has 1 aliphatic heterocycles. The van der Waals surface area contributed by atoms with Crippen molar-refractivity contribution in [1.29, 1.82) is 0 Å². The molecule has 1 atom stereocenters. The van der Waals surface area contributed by atoms with Gasteiger partial charge in [0.2, 0.25) is 11.9 Å². The first kappa shape index (κ1) is 19.9. The molecule has 33 heavy (non-hydrogen) atoms. The molecule has 2 aliphatic carbocycles. The Morgan fingerprint density at radius 1 is 1.15 bits per heavy atom. The highest BCUT2D eigenvalue weighted by atomic mass is 16.2. The summed E-state index contributed by atoms with van der Waals surface area (Å²) in [6, 6.07) is 5.65. The van der Waals surface area contributed by atoms with Crippen LogP contribution in [0, 0.1) is 5.41 Å². The van der Waals surface area contributed by atoms with Gasteiger partial charge in [0.1, 0.15) is 0 Å². The summed E-state index contributed by atoms with van der Waals surface area (Å²) < 4.78 is 1.72. The number of nitrogens with zero attached hydrogens (tertiary/aromatic N) is 6. The smallest absolute Gasteiger partial charge is 0.273 e.